The maximum Gasteiger partial charge on any atom is 0.328 e. The quantitative estimate of drug-likeness (QED) is 0.553. The number of methoxy groups -OCH3 is 1. The predicted octanol–water partition coefficient (Wildman–Crippen LogP) is 4.94. The van der Waals surface area contributed by atoms with E-state index in [1.165, 1.54) is 7.11 Å². The van der Waals surface area contributed by atoms with Crippen molar-refractivity contribution in [2.24, 2.45) is 5.92 Å². The van der Waals surface area contributed by atoms with E-state index in [0.717, 1.165) is 29.5 Å². The van der Waals surface area contributed by atoms with Crippen LogP contribution in [0.3, 0.4) is 0 Å². The molecule has 1 amide bonds. The van der Waals surface area contributed by atoms with Gasteiger partial charge in [0.25, 0.3) is 0 Å². The summed E-state index contributed by atoms with van der Waals surface area (Å²) in [6.07, 6.45) is 2.04. The standard InChI is InChI=1S/C25H30N2O3/c1-5-6-12-23(28)27(24(18(2)3)25(29)30-4)17-19-13-14-22(21(15-19)16-26)20-10-8-7-9-11-20/h7-11,13-15,18,24H,5-6,12,17H2,1-4H3. The molecule has 0 saturated carbocycles. The van der Waals surface area contributed by atoms with Crippen molar-refractivity contribution < 1.29 is 14.3 Å². The average Bonchev–Trinajstić information content (AvgIpc) is 2.76. The minimum Gasteiger partial charge on any atom is -0.467 e. The fraction of sp³-hybridized carbons (Fsp3) is 0.400. The number of hydrogen-bond acceptors (Lipinski definition) is 4. The molecule has 0 aliphatic heterocycles. The van der Waals surface area contributed by atoms with Crippen molar-refractivity contribution in [2.75, 3.05) is 7.11 Å². The van der Waals surface area contributed by atoms with E-state index in [1.807, 2.05) is 63.2 Å². The molecule has 5 heteroatoms. The zero-order valence-corrected chi connectivity index (χ0v) is 18.2. The van der Waals surface area contributed by atoms with Crippen molar-refractivity contribution in [3.63, 3.8) is 0 Å². The lowest BCUT2D eigenvalue weighted by atomic mass is 9.96. The third kappa shape index (κ3) is 5.70. The Morgan fingerprint density at radius 2 is 1.83 bits per heavy atom. The zero-order valence-electron chi connectivity index (χ0n) is 18.2. The number of rotatable bonds is 9. The lowest BCUT2D eigenvalue weighted by Gasteiger charge is -2.33. The van der Waals surface area contributed by atoms with Crippen LogP contribution < -0.4 is 0 Å². The molecule has 30 heavy (non-hydrogen) atoms. The summed E-state index contributed by atoms with van der Waals surface area (Å²) in [5.74, 6) is -0.593. The number of ether oxygens (including phenoxy) is 1. The van der Waals surface area contributed by atoms with E-state index in [0.29, 0.717) is 12.0 Å². The minimum absolute atomic E-state index is 0.0772. The second-order valence-electron chi connectivity index (χ2n) is 7.69. The van der Waals surface area contributed by atoms with Crippen molar-refractivity contribution >= 4 is 11.9 Å². The predicted molar refractivity (Wildman–Crippen MR) is 117 cm³/mol. The average molecular weight is 407 g/mol. The van der Waals surface area contributed by atoms with Gasteiger partial charge in [-0.05, 0) is 35.1 Å². The monoisotopic (exact) mass is 406 g/mol. The van der Waals surface area contributed by atoms with Crippen LogP contribution in [0.1, 0.15) is 51.2 Å². The van der Waals surface area contributed by atoms with E-state index in [9.17, 15) is 14.9 Å². The van der Waals surface area contributed by atoms with Gasteiger partial charge in [-0.3, -0.25) is 4.79 Å². The SMILES string of the molecule is CCCCC(=O)N(Cc1ccc(-c2ccccc2)c(C#N)c1)C(C(=O)OC)C(C)C. The highest BCUT2D eigenvalue weighted by molar-refractivity contribution is 5.84. The summed E-state index contributed by atoms with van der Waals surface area (Å²) in [7, 11) is 1.34. The lowest BCUT2D eigenvalue weighted by molar-refractivity contribution is -0.155. The molecule has 0 radical (unpaired) electrons. The first-order chi connectivity index (χ1) is 14.4. The molecular formula is C25H30N2O3. The molecule has 0 N–H and O–H groups in total. The molecule has 1 unspecified atom stereocenters. The number of esters is 1. The Morgan fingerprint density at radius 3 is 2.40 bits per heavy atom. The smallest absolute Gasteiger partial charge is 0.328 e. The van der Waals surface area contributed by atoms with Crippen LogP contribution in [0, 0.1) is 17.2 Å². The van der Waals surface area contributed by atoms with Gasteiger partial charge in [-0.1, -0.05) is 69.7 Å². The summed E-state index contributed by atoms with van der Waals surface area (Å²) in [6, 6.07) is 16.9. The fourth-order valence-corrected chi connectivity index (χ4v) is 3.54. The normalized spacial score (nSPS) is 11.6. The van der Waals surface area contributed by atoms with Gasteiger partial charge >= 0.3 is 5.97 Å². The number of amides is 1. The molecule has 0 saturated heterocycles. The Kier molecular flexibility index (Phi) is 8.61. The molecule has 0 fully saturated rings. The van der Waals surface area contributed by atoms with E-state index in [2.05, 4.69) is 6.07 Å². The molecule has 158 valence electrons. The number of unbranched alkanes of at least 4 members (excludes halogenated alkanes) is 1. The highest BCUT2D eigenvalue weighted by Gasteiger charge is 2.33. The van der Waals surface area contributed by atoms with Crippen molar-refractivity contribution in [3.8, 4) is 17.2 Å². The second-order valence-corrected chi connectivity index (χ2v) is 7.69. The summed E-state index contributed by atoms with van der Waals surface area (Å²) < 4.78 is 4.98. The maximum atomic E-state index is 13.0. The molecule has 0 aliphatic carbocycles. The highest BCUT2D eigenvalue weighted by Crippen LogP contribution is 2.26. The van der Waals surface area contributed by atoms with Gasteiger partial charge in [-0.2, -0.15) is 5.26 Å². The van der Waals surface area contributed by atoms with Gasteiger partial charge in [0.15, 0.2) is 0 Å². The summed E-state index contributed by atoms with van der Waals surface area (Å²) in [5, 5.41) is 9.68. The first kappa shape index (κ1) is 23.2. The number of nitriles is 1. The number of nitrogens with zero attached hydrogens (tertiary/aromatic N) is 2. The number of carbonyl (C=O) groups is 2. The summed E-state index contributed by atoms with van der Waals surface area (Å²) >= 11 is 0. The molecular weight excluding hydrogens is 376 g/mol. The zero-order chi connectivity index (χ0) is 22.1. The van der Waals surface area contributed by atoms with E-state index in [4.69, 9.17) is 4.74 Å². The minimum atomic E-state index is -0.668. The van der Waals surface area contributed by atoms with Crippen LogP contribution >= 0.6 is 0 Å². The van der Waals surface area contributed by atoms with Gasteiger partial charge in [0.1, 0.15) is 6.04 Å². The Hall–Kier alpha value is -3.13. The molecule has 1 atom stereocenters. The summed E-state index contributed by atoms with van der Waals surface area (Å²) in [4.78, 5) is 27.0. The van der Waals surface area contributed by atoms with Gasteiger partial charge in [0.05, 0.1) is 18.7 Å². The molecule has 0 heterocycles. The van der Waals surface area contributed by atoms with Crippen LogP contribution in [0.5, 0.6) is 0 Å². The Morgan fingerprint density at radius 1 is 1.13 bits per heavy atom. The molecule has 0 aromatic heterocycles. The third-order valence-electron chi connectivity index (χ3n) is 5.12. The number of benzene rings is 2. The summed E-state index contributed by atoms with van der Waals surface area (Å²) in [6.45, 7) is 6.09. The fourth-order valence-electron chi connectivity index (χ4n) is 3.54. The third-order valence-corrected chi connectivity index (χ3v) is 5.12. The van der Waals surface area contributed by atoms with Crippen LogP contribution in [0.15, 0.2) is 48.5 Å². The van der Waals surface area contributed by atoms with Crippen LogP contribution in [-0.4, -0.2) is 29.9 Å². The van der Waals surface area contributed by atoms with Crippen molar-refractivity contribution in [1.29, 1.82) is 5.26 Å². The van der Waals surface area contributed by atoms with Gasteiger partial charge in [-0.15, -0.1) is 0 Å². The van der Waals surface area contributed by atoms with Crippen molar-refractivity contribution in [2.45, 2.75) is 52.6 Å². The molecule has 2 rings (SSSR count). The van der Waals surface area contributed by atoms with Crippen molar-refractivity contribution in [3.05, 3.63) is 59.7 Å². The summed E-state index contributed by atoms with van der Waals surface area (Å²) in [5.41, 5.74) is 3.16. The second kappa shape index (κ2) is 11.2. The van der Waals surface area contributed by atoms with Crippen LogP contribution in [0.25, 0.3) is 11.1 Å². The Labute approximate surface area is 179 Å². The molecule has 0 bridgehead atoms. The Balaban J connectivity index is 2.40. The molecule has 0 spiro atoms. The van der Waals surface area contributed by atoms with E-state index in [-0.39, 0.29) is 18.4 Å². The first-order valence-corrected chi connectivity index (χ1v) is 10.4. The largest absolute Gasteiger partial charge is 0.467 e. The van der Waals surface area contributed by atoms with Gasteiger partial charge in [0.2, 0.25) is 5.91 Å². The number of carbonyl (C=O) groups excluding carboxylic acids is 2. The molecule has 2 aromatic carbocycles. The number of hydrogen-bond donors (Lipinski definition) is 0. The van der Waals surface area contributed by atoms with E-state index < -0.39 is 12.0 Å². The Bertz CT molecular complexity index is 900. The van der Waals surface area contributed by atoms with Crippen LogP contribution in [-0.2, 0) is 20.9 Å². The van der Waals surface area contributed by atoms with Gasteiger partial charge < -0.3 is 9.64 Å². The lowest BCUT2D eigenvalue weighted by Crippen LogP contribution is -2.48. The van der Waals surface area contributed by atoms with Gasteiger partial charge in [0, 0.05) is 13.0 Å². The molecule has 2 aromatic rings. The van der Waals surface area contributed by atoms with E-state index in [1.54, 1.807) is 11.0 Å². The first-order valence-electron chi connectivity index (χ1n) is 10.4. The van der Waals surface area contributed by atoms with Crippen molar-refractivity contribution in [1.82, 2.24) is 4.90 Å². The maximum absolute atomic E-state index is 13.0. The molecule has 5 nitrogen and oxygen atoms in total. The van der Waals surface area contributed by atoms with Gasteiger partial charge in [-0.25, -0.2) is 4.79 Å². The topological polar surface area (TPSA) is 70.4 Å². The van der Waals surface area contributed by atoms with Crippen LogP contribution in [0.4, 0.5) is 0 Å². The highest BCUT2D eigenvalue weighted by atomic mass is 16.5. The van der Waals surface area contributed by atoms with E-state index >= 15 is 0 Å². The van der Waals surface area contributed by atoms with Crippen LogP contribution in [0.2, 0.25) is 0 Å². The molecule has 0 aliphatic rings.